The lowest BCUT2D eigenvalue weighted by Crippen LogP contribution is -2.16. The average Bonchev–Trinajstić information content (AvgIpc) is 2.32. The van der Waals surface area contributed by atoms with E-state index < -0.39 is 0 Å². The van der Waals surface area contributed by atoms with Gasteiger partial charge < -0.3 is 15.8 Å². The molecule has 0 aliphatic carbocycles. The lowest BCUT2D eigenvalue weighted by Gasteiger charge is -2.17. The molecule has 1 unspecified atom stereocenters. The summed E-state index contributed by atoms with van der Waals surface area (Å²) >= 11 is 0. The number of anilines is 2. The molecule has 0 radical (unpaired) electrons. The summed E-state index contributed by atoms with van der Waals surface area (Å²) in [5.74, 6) is 0.732. The summed E-state index contributed by atoms with van der Waals surface area (Å²) in [7, 11) is 1.64. The van der Waals surface area contributed by atoms with E-state index in [1.54, 1.807) is 7.11 Å². The van der Waals surface area contributed by atoms with Crippen LogP contribution in [-0.2, 0) is 0 Å². The van der Waals surface area contributed by atoms with E-state index in [-0.39, 0.29) is 0 Å². The Bertz CT molecular complexity index is 339. The van der Waals surface area contributed by atoms with Gasteiger partial charge in [0.25, 0.3) is 0 Å². The molecule has 0 aliphatic heterocycles. The summed E-state index contributed by atoms with van der Waals surface area (Å²) in [5.41, 5.74) is 7.67. The molecule has 3 heteroatoms. The smallest absolute Gasteiger partial charge is 0.143 e. The Morgan fingerprint density at radius 3 is 2.76 bits per heavy atom. The van der Waals surface area contributed by atoms with Crippen molar-refractivity contribution in [1.82, 2.24) is 0 Å². The van der Waals surface area contributed by atoms with Crippen molar-refractivity contribution in [3.8, 4) is 5.75 Å². The number of hydrogen-bond acceptors (Lipinski definition) is 3. The van der Waals surface area contributed by atoms with Crippen molar-refractivity contribution in [3.63, 3.8) is 0 Å². The van der Waals surface area contributed by atoms with Crippen LogP contribution < -0.4 is 15.8 Å². The minimum Gasteiger partial charge on any atom is -0.495 e. The number of para-hydroxylation sites is 1. The Labute approximate surface area is 104 Å². The standard InChI is InChI=1S/C14H24N2O/c1-4-5-6-8-11(2)16-12-9-7-10-13(17-3)14(12)15/h7,9-11,16H,4-6,8,15H2,1-3H3. The van der Waals surface area contributed by atoms with E-state index in [4.69, 9.17) is 10.5 Å². The van der Waals surface area contributed by atoms with Gasteiger partial charge in [-0.3, -0.25) is 0 Å². The lowest BCUT2D eigenvalue weighted by atomic mass is 10.1. The van der Waals surface area contributed by atoms with Crippen LogP contribution in [0.4, 0.5) is 11.4 Å². The number of nitrogens with two attached hydrogens (primary N) is 1. The topological polar surface area (TPSA) is 47.3 Å². The van der Waals surface area contributed by atoms with Crippen LogP contribution >= 0.6 is 0 Å². The number of hydrogen-bond donors (Lipinski definition) is 2. The number of unbranched alkanes of at least 4 members (excludes halogenated alkanes) is 2. The fourth-order valence-corrected chi connectivity index (χ4v) is 1.89. The summed E-state index contributed by atoms with van der Waals surface area (Å²) in [6.07, 6.45) is 4.98. The van der Waals surface area contributed by atoms with Crippen LogP contribution in [0.1, 0.15) is 39.5 Å². The Balaban J connectivity index is 2.55. The fourth-order valence-electron chi connectivity index (χ4n) is 1.89. The van der Waals surface area contributed by atoms with Gasteiger partial charge in [0.2, 0.25) is 0 Å². The third-order valence-corrected chi connectivity index (χ3v) is 2.93. The van der Waals surface area contributed by atoms with Crippen LogP contribution in [0.15, 0.2) is 18.2 Å². The van der Waals surface area contributed by atoms with Gasteiger partial charge in [0, 0.05) is 6.04 Å². The number of nitrogens with one attached hydrogen (secondary N) is 1. The molecule has 0 amide bonds. The molecule has 3 nitrogen and oxygen atoms in total. The van der Waals surface area contributed by atoms with Crippen LogP contribution in [-0.4, -0.2) is 13.2 Å². The Morgan fingerprint density at radius 1 is 1.35 bits per heavy atom. The summed E-state index contributed by atoms with van der Waals surface area (Å²) in [5, 5.41) is 3.44. The predicted octanol–water partition coefficient (Wildman–Crippen LogP) is 3.66. The second-order valence-electron chi connectivity index (χ2n) is 4.46. The number of benzene rings is 1. The Morgan fingerprint density at radius 2 is 2.12 bits per heavy atom. The maximum Gasteiger partial charge on any atom is 0.143 e. The quantitative estimate of drug-likeness (QED) is 0.561. The highest BCUT2D eigenvalue weighted by atomic mass is 16.5. The first-order valence-electron chi connectivity index (χ1n) is 6.38. The summed E-state index contributed by atoms with van der Waals surface area (Å²) in [6.45, 7) is 4.41. The van der Waals surface area contributed by atoms with Crippen LogP contribution in [0.3, 0.4) is 0 Å². The van der Waals surface area contributed by atoms with E-state index in [0.717, 1.165) is 11.4 Å². The molecule has 0 spiro atoms. The zero-order chi connectivity index (χ0) is 12.7. The van der Waals surface area contributed by atoms with Gasteiger partial charge in [-0.05, 0) is 25.5 Å². The van der Waals surface area contributed by atoms with Crippen LogP contribution in [0.25, 0.3) is 0 Å². The molecule has 0 heterocycles. The zero-order valence-corrected chi connectivity index (χ0v) is 11.1. The van der Waals surface area contributed by atoms with Gasteiger partial charge in [0.1, 0.15) is 5.75 Å². The monoisotopic (exact) mass is 236 g/mol. The normalized spacial score (nSPS) is 12.2. The third-order valence-electron chi connectivity index (χ3n) is 2.93. The van der Waals surface area contributed by atoms with E-state index in [0.29, 0.717) is 11.7 Å². The van der Waals surface area contributed by atoms with E-state index in [1.807, 2.05) is 18.2 Å². The van der Waals surface area contributed by atoms with Crippen LogP contribution in [0, 0.1) is 0 Å². The number of methoxy groups -OCH3 is 1. The minimum absolute atomic E-state index is 0.441. The van der Waals surface area contributed by atoms with E-state index in [1.165, 1.54) is 25.7 Å². The number of rotatable bonds is 7. The highest BCUT2D eigenvalue weighted by Crippen LogP contribution is 2.29. The molecule has 3 N–H and O–H groups in total. The molecule has 17 heavy (non-hydrogen) atoms. The van der Waals surface area contributed by atoms with Crippen LogP contribution in [0.5, 0.6) is 5.75 Å². The molecule has 0 saturated carbocycles. The second kappa shape index (κ2) is 7.05. The molecule has 1 aromatic carbocycles. The Kier molecular flexibility index (Phi) is 5.67. The zero-order valence-electron chi connectivity index (χ0n) is 11.1. The van der Waals surface area contributed by atoms with Gasteiger partial charge in [-0.1, -0.05) is 32.3 Å². The van der Waals surface area contributed by atoms with Gasteiger partial charge in [-0.2, -0.15) is 0 Å². The van der Waals surface area contributed by atoms with Crippen molar-refractivity contribution in [3.05, 3.63) is 18.2 Å². The lowest BCUT2D eigenvalue weighted by molar-refractivity contribution is 0.417. The summed E-state index contributed by atoms with van der Waals surface area (Å²) in [4.78, 5) is 0. The largest absolute Gasteiger partial charge is 0.495 e. The highest BCUT2D eigenvalue weighted by molar-refractivity contribution is 5.73. The molecule has 0 saturated heterocycles. The van der Waals surface area contributed by atoms with Crippen molar-refractivity contribution in [2.24, 2.45) is 0 Å². The minimum atomic E-state index is 0.441. The molecular weight excluding hydrogens is 212 g/mol. The first kappa shape index (κ1) is 13.7. The van der Waals surface area contributed by atoms with Crippen molar-refractivity contribution >= 4 is 11.4 Å². The van der Waals surface area contributed by atoms with E-state index in [2.05, 4.69) is 19.2 Å². The first-order valence-corrected chi connectivity index (χ1v) is 6.38. The molecule has 1 atom stereocenters. The molecule has 0 aromatic heterocycles. The molecule has 1 aromatic rings. The molecule has 0 bridgehead atoms. The van der Waals surface area contributed by atoms with Gasteiger partial charge in [-0.15, -0.1) is 0 Å². The molecular formula is C14H24N2O. The van der Waals surface area contributed by atoms with Crippen molar-refractivity contribution < 1.29 is 4.74 Å². The maximum absolute atomic E-state index is 6.01. The molecule has 1 rings (SSSR count). The fraction of sp³-hybridized carbons (Fsp3) is 0.571. The Hall–Kier alpha value is -1.38. The third kappa shape index (κ3) is 4.17. The first-order chi connectivity index (χ1) is 8.19. The average molecular weight is 236 g/mol. The van der Waals surface area contributed by atoms with Crippen LogP contribution in [0.2, 0.25) is 0 Å². The number of ether oxygens (including phenoxy) is 1. The summed E-state index contributed by atoms with van der Waals surface area (Å²) < 4.78 is 5.20. The van der Waals surface area contributed by atoms with Gasteiger partial charge in [-0.25, -0.2) is 0 Å². The molecule has 0 fully saturated rings. The van der Waals surface area contributed by atoms with Crippen molar-refractivity contribution in [1.29, 1.82) is 0 Å². The second-order valence-corrected chi connectivity index (χ2v) is 4.46. The maximum atomic E-state index is 6.01. The van der Waals surface area contributed by atoms with Gasteiger partial charge in [0.05, 0.1) is 18.5 Å². The number of nitrogen functional groups attached to an aromatic ring is 1. The van der Waals surface area contributed by atoms with Gasteiger partial charge in [0.15, 0.2) is 0 Å². The van der Waals surface area contributed by atoms with E-state index >= 15 is 0 Å². The van der Waals surface area contributed by atoms with Crippen molar-refractivity contribution in [2.45, 2.75) is 45.6 Å². The summed E-state index contributed by atoms with van der Waals surface area (Å²) in [6, 6.07) is 6.27. The predicted molar refractivity (Wildman–Crippen MR) is 74.6 cm³/mol. The SMILES string of the molecule is CCCCCC(C)Nc1cccc(OC)c1N. The van der Waals surface area contributed by atoms with Crippen molar-refractivity contribution in [2.75, 3.05) is 18.2 Å². The van der Waals surface area contributed by atoms with E-state index in [9.17, 15) is 0 Å². The molecule has 0 aliphatic rings. The molecule has 96 valence electrons. The van der Waals surface area contributed by atoms with Gasteiger partial charge >= 0.3 is 0 Å². The highest BCUT2D eigenvalue weighted by Gasteiger charge is 2.07.